The second-order valence-corrected chi connectivity index (χ2v) is 9.20. The number of nitrogens with zero attached hydrogens (tertiary/aromatic N) is 1. The number of fused-ring (bicyclic) bond motifs is 1. The lowest BCUT2D eigenvalue weighted by Gasteiger charge is -2.19. The van der Waals surface area contributed by atoms with E-state index in [4.69, 9.17) is 11.6 Å². The maximum absolute atomic E-state index is 13.0. The summed E-state index contributed by atoms with van der Waals surface area (Å²) < 4.78 is 27.3. The summed E-state index contributed by atoms with van der Waals surface area (Å²) in [6.07, 6.45) is 0.558. The second-order valence-electron chi connectivity index (χ2n) is 6.90. The van der Waals surface area contributed by atoms with Crippen LogP contribution in [0, 0.1) is 6.92 Å². The van der Waals surface area contributed by atoms with Crippen LogP contribution in [0.5, 0.6) is 0 Å². The van der Waals surface area contributed by atoms with E-state index in [-0.39, 0.29) is 10.8 Å². The van der Waals surface area contributed by atoms with E-state index >= 15 is 0 Å². The molecule has 148 valence electrons. The maximum Gasteiger partial charge on any atom is 0.264 e. The van der Waals surface area contributed by atoms with Gasteiger partial charge in [-0.1, -0.05) is 29.8 Å². The molecular weight excluding hydrogens is 408 g/mol. The van der Waals surface area contributed by atoms with E-state index in [1.807, 2.05) is 6.92 Å². The molecule has 3 aromatic rings. The Kier molecular flexibility index (Phi) is 5.06. The highest BCUT2D eigenvalue weighted by molar-refractivity contribution is 7.92. The van der Waals surface area contributed by atoms with Crippen LogP contribution in [0.1, 0.15) is 21.5 Å². The minimum absolute atomic E-state index is 0.248. The minimum Gasteiger partial charge on any atom is -0.322 e. The van der Waals surface area contributed by atoms with Crippen LogP contribution in [0.4, 0.5) is 11.4 Å². The molecule has 1 aliphatic rings. The number of carbonyl (C=O) groups excluding carboxylic acids is 1. The van der Waals surface area contributed by atoms with Crippen LogP contribution in [0.25, 0.3) is 0 Å². The number of carbonyl (C=O) groups is 1. The van der Waals surface area contributed by atoms with Crippen LogP contribution in [0.3, 0.4) is 0 Å². The fourth-order valence-electron chi connectivity index (χ4n) is 3.44. The smallest absolute Gasteiger partial charge is 0.264 e. The molecule has 0 saturated carbocycles. The number of halogens is 1. The predicted octanol–water partition coefficient (Wildman–Crippen LogP) is 4.65. The van der Waals surface area contributed by atoms with Gasteiger partial charge in [0.05, 0.1) is 10.6 Å². The number of amides is 1. The number of rotatable bonds is 4. The zero-order chi connectivity index (χ0) is 20.6. The molecule has 29 heavy (non-hydrogen) atoms. The van der Waals surface area contributed by atoms with Crippen molar-refractivity contribution in [1.82, 2.24) is 0 Å². The highest BCUT2D eigenvalue weighted by atomic mass is 35.5. The first kappa shape index (κ1) is 19.5. The molecule has 1 heterocycles. The van der Waals surface area contributed by atoms with Gasteiger partial charge in [0.25, 0.3) is 15.9 Å². The third-order valence-corrected chi connectivity index (χ3v) is 7.02. The molecule has 0 bridgehead atoms. The van der Waals surface area contributed by atoms with Gasteiger partial charge < -0.3 is 5.32 Å². The van der Waals surface area contributed by atoms with E-state index in [0.29, 0.717) is 34.9 Å². The van der Waals surface area contributed by atoms with Gasteiger partial charge in [-0.3, -0.25) is 9.10 Å². The minimum atomic E-state index is -3.62. The first-order valence-corrected chi connectivity index (χ1v) is 11.0. The fourth-order valence-corrected chi connectivity index (χ4v) is 5.19. The van der Waals surface area contributed by atoms with Crippen LogP contribution >= 0.6 is 11.6 Å². The summed E-state index contributed by atoms with van der Waals surface area (Å²) >= 11 is 5.96. The van der Waals surface area contributed by atoms with Crippen molar-refractivity contribution >= 4 is 38.9 Å². The Morgan fingerprint density at radius 1 is 1.03 bits per heavy atom. The van der Waals surface area contributed by atoms with Gasteiger partial charge in [-0.2, -0.15) is 0 Å². The SMILES string of the molecule is Cc1cc(Cl)ccc1NC(=O)c1ccc2c(c1)CCN2S(=O)(=O)c1ccccc1. The van der Waals surface area contributed by atoms with E-state index in [2.05, 4.69) is 5.32 Å². The molecule has 0 aromatic heterocycles. The number of nitrogens with one attached hydrogen (secondary N) is 1. The lowest BCUT2D eigenvalue weighted by molar-refractivity contribution is 0.102. The first-order valence-electron chi connectivity index (χ1n) is 9.14. The van der Waals surface area contributed by atoms with Crippen molar-refractivity contribution < 1.29 is 13.2 Å². The summed E-state index contributed by atoms with van der Waals surface area (Å²) in [4.78, 5) is 12.9. The van der Waals surface area contributed by atoms with Crippen LogP contribution in [0.15, 0.2) is 71.6 Å². The van der Waals surface area contributed by atoms with Crippen LogP contribution in [-0.2, 0) is 16.4 Å². The normalized spacial score (nSPS) is 13.2. The number of aryl methyl sites for hydroxylation is 1. The number of hydrogen-bond donors (Lipinski definition) is 1. The van der Waals surface area contributed by atoms with Crippen LogP contribution in [0.2, 0.25) is 5.02 Å². The van der Waals surface area contributed by atoms with E-state index in [0.717, 1.165) is 11.1 Å². The highest BCUT2D eigenvalue weighted by Crippen LogP contribution is 2.33. The third kappa shape index (κ3) is 3.73. The first-order chi connectivity index (χ1) is 13.9. The summed E-state index contributed by atoms with van der Waals surface area (Å²) in [5, 5.41) is 3.49. The topological polar surface area (TPSA) is 66.5 Å². The molecule has 0 unspecified atom stereocenters. The van der Waals surface area contributed by atoms with E-state index in [1.54, 1.807) is 66.7 Å². The summed E-state index contributed by atoms with van der Waals surface area (Å²) in [7, 11) is -3.62. The van der Waals surface area contributed by atoms with Gasteiger partial charge in [-0.15, -0.1) is 0 Å². The van der Waals surface area contributed by atoms with Gasteiger partial charge in [0.2, 0.25) is 0 Å². The zero-order valence-electron chi connectivity index (χ0n) is 15.7. The van der Waals surface area contributed by atoms with E-state index < -0.39 is 10.0 Å². The number of sulfonamides is 1. The van der Waals surface area contributed by atoms with Crippen LogP contribution < -0.4 is 9.62 Å². The van der Waals surface area contributed by atoms with Gasteiger partial charge in [0.1, 0.15) is 0 Å². The van der Waals surface area contributed by atoms with Gasteiger partial charge in [-0.25, -0.2) is 8.42 Å². The molecule has 4 rings (SSSR count). The quantitative estimate of drug-likeness (QED) is 0.660. The molecule has 1 amide bonds. The van der Waals surface area contributed by atoms with Gasteiger partial charge in [-0.05, 0) is 73.0 Å². The maximum atomic E-state index is 13.0. The van der Waals surface area contributed by atoms with Crippen LogP contribution in [-0.4, -0.2) is 20.9 Å². The molecule has 7 heteroatoms. The Morgan fingerprint density at radius 3 is 2.52 bits per heavy atom. The number of hydrogen-bond acceptors (Lipinski definition) is 3. The van der Waals surface area contributed by atoms with Crippen molar-refractivity contribution in [3.63, 3.8) is 0 Å². The van der Waals surface area contributed by atoms with Crippen molar-refractivity contribution in [2.75, 3.05) is 16.2 Å². The average Bonchev–Trinajstić information content (AvgIpc) is 3.15. The Bertz CT molecular complexity index is 1190. The highest BCUT2D eigenvalue weighted by Gasteiger charge is 2.31. The van der Waals surface area contributed by atoms with Gasteiger partial charge in [0, 0.05) is 22.8 Å². The van der Waals surface area contributed by atoms with Crippen molar-refractivity contribution in [3.8, 4) is 0 Å². The largest absolute Gasteiger partial charge is 0.322 e. The molecule has 0 atom stereocenters. The molecule has 1 N–H and O–H groups in total. The van der Waals surface area contributed by atoms with Crippen molar-refractivity contribution in [3.05, 3.63) is 88.4 Å². The fraction of sp³-hybridized carbons (Fsp3) is 0.136. The molecule has 0 fully saturated rings. The van der Waals surface area contributed by atoms with Crippen molar-refractivity contribution in [2.24, 2.45) is 0 Å². The monoisotopic (exact) mass is 426 g/mol. The second kappa shape index (κ2) is 7.54. The molecule has 1 aliphatic heterocycles. The Balaban J connectivity index is 1.59. The molecule has 0 radical (unpaired) electrons. The molecule has 0 spiro atoms. The lowest BCUT2D eigenvalue weighted by Crippen LogP contribution is -2.29. The van der Waals surface area contributed by atoms with E-state index in [9.17, 15) is 13.2 Å². The van der Waals surface area contributed by atoms with Gasteiger partial charge >= 0.3 is 0 Å². The Hall–Kier alpha value is -2.83. The summed E-state index contributed by atoms with van der Waals surface area (Å²) in [6.45, 7) is 2.23. The standard InChI is InChI=1S/C22H19ClN2O3S/c1-15-13-18(23)8-9-20(15)24-22(26)17-7-10-21-16(14-17)11-12-25(21)29(27,28)19-5-3-2-4-6-19/h2-10,13-14H,11-12H2,1H3,(H,24,26). The molecule has 5 nitrogen and oxygen atoms in total. The lowest BCUT2D eigenvalue weighted by atomic mass is 10.1. The average molecular weight is 427 g/mol. The molecule has 3 aromatic carbocycles. The molecule has 0 saturated heterocycles. The Labute approximate surface area is 175 Å². The summed E-state index contributed by atoms with van der Waals surface area (Å²) in [6, 6.07) is 18.7. The Morgan fingerprint density at radius 2 is 1.79 bits per heavy atom. The zero-order valence-corrected chi connectivity index (χ0v) is 17.3. The number of benzene rings is 3. The van der Waals surface area contributed by atoms with Crippen molar-refractivity contribution in [2.45, 2.75) is 18.2 Å². The number of anilines is 2. The van der Waals surface area contributed by atoms with Crippen molar-refractivity contribution in [1.29, 1.82) is 0 Å². The summed E-state index contributed by atoms with van der Waals surface area (Å²) in [5.41, 5.74) is 3.50. The predicted molar refractivity (Wildman–Crippen MR) is 115 cm³/mol. The molecular formula is C22H19ClN2O3S. The van der Waals surface area contributed by atoms with Gasteiger partial charge in [0.15, 0.2) is 0 Å². The molecule has 0 aliphatic carbocycles. The third-order valence-electron chi connectivity index (χ3n) is 4.96. The summed E-state index contributed by atoms with van der Waals surface area (Å²) in [5.74, 6) is -0.248. The van der Waals surface area contributed by atoms with E-state index in [1.165, 1.54) is 4.31 Å².